The van der Waals surface area contributed by atoms with Crippen LogP contribution in [0.25, 0.3) is 0 Å². The molecule has 1 rings (SSSR count). The van der Waals surface area contributed by atoms with Gasteiger partial charge in [0.15, 0.2) is 0 Å². The minimum absolute atomic E-state index is 0.481. The Bertz CT molecular complexity index is 259. The van der Waals surface area contributed by atoms with E-state index in [0.29, 0.717) is 6.10 Å². The lowest BCUT2D eigenvalue weighted by Gasteiger charge is -2.25. The summed E-state index contributed by atoms with van der Waals surface area (Å²) in [5, 5.41) is 0. The van der Waals surface area contributed by atoms with Crippen molar-refractivity contribution in [3.8, 4) is 0 Å². The Labute approximate surface area is 139 Å². The second-order valence-corrected chi connectivity index (χ2v) is 7.20. The van der Waals surface area contributed by atoms with Crippen molar-refractivity contribution in [2.24, 2.45) is 0 Å². The van der Waals surface area contributed by atoms with Crippen LogP contribution < -0.4 is 0 Å². The normalized spacial score (nSPS) is 18.4. The van der Waals surface area contributed by atoms with Gasteiger partial charge in [0.2, 0.25) is 0 Å². The van der Waals surface area contributed by atoms with E-state index in [1.165, 1.54) is 103 Å². The van der Waals surface area contributed by atoms with Crippen LogP contribution in [0.3, 0.4) is 0 Å². The highest BCUT2D eigenvalue weighted by Crippen LogP contribution is 2.24. The summed E-state index contributed by atoms with van der Waals surface area (Å²) in [6.45, 7) is 6.25. The first-order valence-corrected chi connectivity index (χ1v) is 10.2. The zero-order valence-electron chi connectivity index (χ0n) is 15.2. The molecule has 1 fully saturated rings. The molecular weight excluding hydrogens is 268 g/mol. The average molecular weight is 309 g/mol. The molecule has 1 heteroatoms. The molecule has 0 aromatic rings. The Morgan fingerprint density at radius 2 is 1.32 bits per heavy atom. The Balaban J connectivity index is 1.74. The summed E-state index contributed by atoms with van der Waals surface area (Å²) in [5.41, 5.74) is 0. The molecule has 0 radical (unpaired) electrons. The number of ether oxygens (including phenoxy) is 1. The Kier molecular flexibility index (Phi) is 12.6. The molecule has 0 spiro atoms. The highest BCUT2D eigenvalue weighted by atomic mass is 16.5. The molecule has 1 aliphatic heterocycles. The van der Waals surface area contributed by atoms with E-state index in [0.717, 1.165) is 12.2 Å². The van der Waals surface area contributed by atoms with Gasteiger partial charge >= 0.3 is 0 Å². The minimum Gasteiger partial charge on any atom is -0.495 e. The molecule has 0 aromatic heterocycles. The van der Waals surface area contributed by atoms with Crippen LogP contribution in [0, 0.1) is 0 Å². The molecule has 0 aliphatic carbocycles. The fourth-order valence-electron chi connectivity index (χ4n) is 3.47. The lowest BCUT2D eigenvalue weighted by atomic mass is 10.0. The molecule has 1 saturated heterocycles. The van der Waals surface area contributed by atoms with Crippen molar-refractivity contribution in [2.45, 2.75) is 122 Å². The van der Waals surface area contributed by atoms with E-state index in [4.69, 9.17) is 4.74 Å². The maximum Gasteiger partial charge on any atom is 0.0982 e. The van der Waals surface area contributed by atoms with E-state index in [-0.39, 0.29) is 0 Å². The third-order valence-corrected chi connectivity index (χ3v) is 4.94. The molecule has 0 aromatic carbocycles. The lowest BCUT2D eigenvalue weighted by molar-refractivity contribution is 0.0659. The fourth-order valence-corrected chi connectivity index (χ4v) is 3.47. The second kappa shape index (κ2) is 14.2. The van der Waals surface area contributed by atoms with Gasteiger partial charge in [-0.15, -0.1) is 0 Å². The van der Waals surface area contributed by atoms with Crippen LogP contribution in [0.5, 0.6) is 0 Å². The zero-order chi connectivity index (χ0) is 15.9. The van der Waals surface area contributed by atoms with Crippen LogP contribution in [0.15, 0.2) is 12.3 Å². The number of hydrogen-bond donors (Lipinski definition) is 0. The van der Waals surface area contributed by atoms with Crippen molar-refractivity contribution in [1.29, 1.82) is 0 Å². The Hall–Kier alpha value is -0.460. The monoisotopic (exact) mass is 308 g/mol. The molecule has 1 unspecified atom stereocenters. The molecule has 1 heterocycles. The topological polar surface area (TPSA) is 9.23 Å². The van der Waals surface area contributed by atoms with E-state index in [2.05, 4.69) is 13.5 Å². The van der Waals surface area contributed by atoms with Crippen molar-refractivity contribution < 1.29 is 4.74 Å². The first-order valence-electron chi connectivity index (χ1n) is 10.2. The third-order valence-electron chi connectivity index (χ3n) is 4.94. The van der Waals surface area contributed by atoms with Crippen LogP contribution in [0.2, 0.25) is 0 Å². The molecule has 0 bridgehead atoms. The predicted molar refractivity (Wildman–Crippen MR) is 98.2 cm³/mol. The number of allylic oxidation sites excluding steroid dienone is 1. The summed E-state index contributed by atoms with van der Waals surface area (Å²) in [6.07, 6.45) is 23.9. The first-order chi connectivity index (χ1) is 10.8. The summed E-state index contributed by atoms with van der Waals surface area (Å²) < 4.78 is 5.80. The van der Waals surface area contributed by atoms with Gasteiger partial charge in [0, 0.05) is 6.42 Å². The number of hydrogen-bond acceptors (Lipinski definition) is 1. The van der Waals surface area contributed by atoms with Crippen LogP contribution in [-0.4, -0.2) is 6.10 Å². The van der Waals surface area contributed by atoms with Gasteiger partial charge in [-0.05, 0) is 25.7 Å². The molecule has 22 heavy (non-hydrogen) atoms. The van der Waals surface area contributed by atoms with Crippen molar-refractivity contribution in [3.05, 3.63) is 12.3 Å². The smallest absolute Gasteiger partial charge is 0.0982 e. The van der Waals surface area contributed by atoms with Crippen molar-refractivity contribution >= 4 is 0 Å². The second-order valence-electron chi connectivity index (χ2n) is 7.20. The molecule has 1 nitrogen and oxygen atoms in total. The van der Waals surface area contributed by atoms with Gasteiger partial charge in [-0.1, -0.05) is 90.6 Å². The van der Waals surface area contributed by atoms with Gasteiger partial charge in [0.1, 0.15) is 0 Å². The van der Waals surface area contributed by atoms with Gasteiger partial charge in [-0.25, -0.2) is 0 Å². The van der Waals surface area contributed by atoms with Crippen molar-refractivity contribution in [2.75, 3.05) is 0 Å². The summed E-state index contributed by atoms with van der Waals surface area (Å²) in [6, 6.07) is 0. The number of unbranched alkanes of at least 4 members (excludes halogenated alkanes) is 12. The molecule has 1 atom stereocenters. The Morgan fingerprint density at radius 1 is 0.818 bits per heavy atom. The first kappa shape index (κ1) is 19.6. The maximum absolute atomic E-state index is 5.80. The van der Waals surface area contributed by atoms with Gasteiger partial charge in [-0.2, -0.15) is 0 Å². The lowest BCUT2D eigenvalue weighted by Crippen LogP contribution is -2.16. The van der Waals surface area contributed by atoms with Crippen LogP contribution >= 0.6 is 0 Å². The SMILES string of the molecule is C=C1CCCC(CCCCCCCCCCCCCCC)O1. The van der Waals surface area contributed by atoms with E-state index in [9.17, 15) is 0 Å². The molecule has 0 amide bonds. The minimum atomic E-state index is 0.481. The van der Waals surface area contributed by atoms with E-state index >= 15 is 0 Å². The number of rotatable bonds is 14. The van der Waals surface area contributed by atoms with Crippen LogP contribution in [0.4, 0.5) is 0 Å². The van der Waals surface area contributed by atoms with E-state index in [1.54, 1.807) is 0 Å². The van der Waals surface area contributed by atoms with E-state index in [1.807, 2.05) is 0 Å². The molecule has 0 saturated carbocycles. The predicted octanol–water partition coefficient (Wildman–Crippen LogP) is 7.55. The molecule has 1 aliphatic rings. The van der Waals surface area contributed by atoms with Gasteiger partial charge in [0.05, 0.1) is 11.9 Å². The maximum atomic E-state index is 5.80. The summed E-state index contributed by atoms with van der Waals surface area (Å²) in [5.74, 6) is 1.02. The Morgan fingerprint density at radius 3 is 1.82 bits per heavy atom. The highest BCUT2D eigenvalue weighted by molar-refractivity contribution is 4.88. The van der Waals surface area contributed by atoms with Crippen LogP contribution in [0.1, 0.15) is 116 Å². The standard InChI is InChI=1S/C21H40O/c1-3-4-5-6-7-8-9-10-11-12-13-14-15-18-21-19-16-17-20(2)22-21/h21H,2-19H2,1H3. The molecule has 130 valence electrons. The van der Waals surface area contributed by atoms with Crippen molar-refractivity contribution in [1.82, 2.24) is 0 Å². The summed E-state index contributed by atoms with van der Waals surface area (Å²) in [4.78, 5) is 0. The fraction of sp³-hybridized carbons (Fsp3) is 0.905. The summed E-state index contributed by atoms with van der Waals surface area (Å²) >= 11 is 0. The largest absolute Gasteiger partial charge is 0.495 e. The van der Waals surface area contributed by atoms with E-state index < -0.39 is 0 Å². The van der Waals surface area contributed by atoms with Crippen molar-refractivity contribution in [3.63, 3.8) is 0 Å². The zero-order valence-corrected chi connectivity index (χ0v) is 15.2. The summed E-state index contributed by atoms with van der Waals surface area (Å²) in [7, 11) is 0. The average Bonchev–Trinajstić information content (AvgIpc) is 2.52. The quantitative estimate of drug-likeness (QED) is 0.301. The van der Waals surface area contributed by atoms with Gasteiger partial charge in [0.25, 0.3) is 0 Å². The molecular formula is C21H40O. The molecule has 0 N–H and O–H groups in total. The third kappa shape index (κ3) is 11.2. The highest BCUT2D eigenvalue weighted by Gasteiger charge is 2.15. The van der Waals surface area contributed by atoms with Gasteiger partial charge < -0.3 is 4.74 Å². The van der Waals surface area contributed by atoms with Gasteiger partial charge in [-0.3, -0.25) is 0 Å². The van der Waals surface area contributed by atoms with Crippen LogP contribution in [-0.2, 0) is 4.74 Å².